The van der Waals surface area contributed by atoms with Crippen molar-refractivity contribution in [3.63, 3.8) is 0 Å². The van der Waals surface area contributed by atoms with Gasteiger partial charge in [0.15, 0.2) is 17.9 Å². The maximum absolute atomic E-state index is 14.1. The first-order chi connectivity index (χ1) is 15.4. The van der Waals surface area contributed by atoms with E-state index in [1.54, 1.807) is 18.2 Å². The third-order valence-electron chi connectivity index (χ3n) is 5.50. The molecular formula is C25H24FN5O. The lowest BCUT2D eigenvalue weighted by Gasteiger charge is -2.19. The van der Waals surface area contributed by atoms with E-state index in [0.717, 1.165) is 5.56 Å². The summed E-state index contributed by atoms with van der Waals surface area (Å²) >= 11 is 0. The summed E-state index contributed by atoms with van der Waals surface area (Å²) in [4.78, 5) is 19.3. The minimum absolute atomic E-state index is 0.105. The van der Waals surface area contributed by atoms with E-state index in [1.165, 1.54) is 11.6 Å². The van der Waals surface area contributed by atoms with Crippen molar-refractivity contribution < 1.29 is 9.23 Å². The Bertz CT molecular complexity index is 1260. The number of nitrogens with one attached hydrogen (secondary N) is 1. The number of hydrogen-bond acceptors (Lipinski definition) is 5. The van der Waals surface area contributed by atoms with Gasteiger partial charge in [-0.25, -0.2) is 29.7 Å². The van der Waals surface area contributed by atoms with Gasteiger partial charge in [-0.05, 0) is 29.2 Å². The number of rotatable bonds is 4. The van der Waals surface area contributed by atoms with Crippen LogP contribution in [-0.2, 0) is 16.8 Å². The van der Waals surface area contributed by atoms with Crippen LogP contribution in [-0.4, -0.2) is 26.6 Å². The van der Waals surface area contributed by atoms with Crippen LogP contribution in [0.4, 0.5) is 4.39 Å². The molecule has 0 saturated heterocycles. The molecule has 0 fully saturated rings. The van der Waals surface area contributed by atoms with E-state index in [4.69, 9.17) is 4.84 Å². The first-order valence-corrected chi connectivity index (χ1v) is 10.6. The predicted octanol–water partition coefficient (Wildman–Crippen LogP) is 4.79. The molecule has 0 bridgehead atoms. The molecule has 32 heavy (non-hydrogen) atoms. The van der Waals surface area contributed by atoms with E-state index in [2.05, 4.69) is 65.5 Å². The van der Waals surface area contributed by atoms with E-state index in [9.17, 15) is 4.39 Å². The Kier molecular flexibility index (Phi) is 4.98. The number of fused-ring (bicyclic) bond motifs is 1. The SMILES string of the molecule is CC(C)(C)c1ccc(C2=NC(Cn3ccc4nc(-c5ccccc5F)nc-4c3)ON2)cc1. The van der Waals surface area contributed by atoms with Crippen LogP contribution in [0.3, 0.4) is 0 Å². The Morgan fingerprint density at radius 2 is 1.75 bits per heavy atom. The smallest absolute Gasteiger partial charge is 0.195 e. The molecule has 0 radical (unpaired) electrons. The third-order valence-corrected chi connectivity index (χ3v) is 5.50. The van der Waals surface area contributed by atoms with Gasteiger partial charge in [-0.15, -0.1) is 0 Å². The van der Waals surface area contributed by atoms with Crippen molar-refractivity contribution in [2.75, 3.05) is 0 Å². The number of aromatic nitrogens is 3. The van der Waals surface area contributed by atoms with Gasteiger partial charge in [0, 0.05) is 18.0 Å². The molecule has 6 nitrogen and oxygen atoms in total. The second-order valence-electron chi connectivity index (χ2n) is 8.92. The van der Waals surface area contributed by atoms with Crippen molar-refractivity contribution in [1.29, 1.82) is 0 Å². The van der Waals surface area contributed by atoms with Gasteiger partial charge in [0.05, 0.1) is 17.8 Å². The molecule has 3 aliphatic rings. The summed E-state index contributed by atoms with van der Waals surface area (Å²) in [5.41, 5.74) is 7.10. The van der Waals surface area contributed by atoms with E-state index in [0.29, 0.717) is 35.2 Å². The molecule has 2 aromatic rings. The van der Waals surface area contributed by atoms with E-state index in [1.807, 2.05) is 23.0 Å². The van der Waals surface area contributed by atoms with Crippen LogP contribution < -0.4 is 5.48 Å². The molecule has 3 aliphatic heterocycles. The van der Waals surface area contributed by atoms with Gasteiger partial charge in [0.1, 0.15) is 11.5 Å². The Morgan fingerprint density at radius 1 is 1.00 bits per heavy atom. The monoisotopic (exact) mass is 429 g/mol. The first-order valence-electron chi connectivity index (χ1n) is 10.6. The van der Waals surface area contributed by atoms with Gasteiger partial charge in [0.2, 0.25) is 0 Å². The lowest BCUT2D eigenvalue weighted by Crippen LogP contribution is -2.21. The van der Waals surface area contributed by atoms with Crippen molar-refractivity contribution >= 4 is 5.84 Å². The van der Waals surface area contributed by atoms with Crippen LogP contribution in [0.15, 0.2) is 72.0 Å². The molecule has 3 heterocycles. The maximum atomic E-state index is 14.1. The third kappa shape index (κ3) is 3.99. The first kappa shape index (κ1) is 20.3. The van der Waals surface area contributed by atoms with Crippen LogP contribution in [0.2, 0.25) is 0 Å². The van der Waals surface area contributed by atoms with Gasteiger partial charge in [0.25, 0.3) is 0 Å². The van der Waals surface area contributed by atoms with Crippen LogP contribution in [0.1, 0.15) is 31.9 Å². The van der Waals surface area contributed by atoms with Gasteiger partial charge >= 0.3 is 0 Å². The minimum atomic E-state index is -0.372. The Balaban J connectivity index is 1.33. The summed E-state index contributed by atoms with van der Waals surface area (Å²) in [5, 5.41) is 0. The van der Waals surface area contributed by atoms with E-state index < -0.39 is 0 Å². The van der Waals surface area contributed by atoms with Crippen LogP contribution in [0.25, 0.3) is 22.8 Å². The second kappa shape index (κ2) is 7.84. The van der Waals surface area contributed by atoms with Gasteiger partial charge in [-0.3, -0.25) is 0 Å². The summed E-state index contributed by atoms with van der Waals surface area (Å²) in [6.07, 6.45) is 3.41. The van der Waals surface area contributed by atoms with E-state index >= 15 is 0 Å². The normalized spacial score (nSPS) is 16.2. The molecule has 0 aromatic heterocycles. The molecule has 5 rings (SSSR count). The zero-order valence-electron chi connectivity index (χ0n) is 18.2. The highest BCUT2D eigenvalue weighted by molar-refractivity contribution is 5.98. The fourth-order valence-corrected chi connectivity index (χ4v) is 3.67. The number of hydroxylamine groups is 1. The number of benzene rings is 2. The lowest BCUT2D eigenvalue weighted by atomic mass is 9.86. The lowest BCUT2D eigenvalue weighted by molar-refractivity contribution is 0.0280. The number of aliphatic imine (C=N–C) groups is 1. The summed E-state index contributed by atoms with van der Waals surface area (Å²) in [7, 11) is 0. The van der Waals surface area contributed by atoms with Crippen molar-refractivity contribution in [1.82, 2.24) is 20.0 Å². The molecular weight excluding hydrogens is 405 g/mol. The molecule has 7 heteroatoms. The molecule has 0 saturated carbocycles. The second-order valence-corrected chi connectivity index (χ2v) is 8.92. The van der Waals surface area contributed by atoms with Gasteiger partial charge < -0.3 is 4.57 Å². The molecule has 1 unspecified atom stereocenters. The zero-order valence-corrected chi connectivity index (χ0v) is 18.2. The highest BCUT2D eigenvalue weighted by atomic mass is 19.1. The van der Waals surface area contributed by atoms with Gasteiger partial charge in [-0.1, -0.05) is 57.2 Å². The van der Waals surface area contributed by atoms with Crippen molar-refractivity contribution in [2.45, 2.75) is 39.0 Å². The molecule has 0 spiro atoms. The van der Waals surface area contributed by atoms with E-state index in [-0.39, 0.29) is 17.5 Å². The average molecular weight is 429 g/mol. The summed E-state index contributed by atoms with van der Waals surface area (Å²) in [6.45, 7) is 7.08. The number of halogens is 1. The molecule has 1 N–H and O–H groups in total. The Labute approximate surface area is 186 Å². The summed E-state index contributed by atoms with van der Waals surface area (Å²) in [5.74, 6) is 0.763. The average Bonchev–Trinajstić information content (AvgIpc) is 3.40. The number of imidazole rings is 1. The fourth-order valence-electron chi connectivity index (χ4n) is 3.67. The minimum Gasteiger partial charge on any atom is -0.347 e. The van der Waals surface area contributed by atoms with Gasteiger partial charge in [-0.2, -0.15) is 0 Å². The predicted molar refractivity (Wildman–Crippen MR) is 122 cm³/mol. The molecule has 2 aromatic carbocycles. The number of pyridine rings is 1. The quantitative estimate of drug-likeness (QED) is 0.506. The fraction of sp³-hybridized carbons (Fsp3) is 0.240. The van der Waals surface area contributed by atoms with Crippen LogP contribution in [0, 0.1) is 5.82 Å². The van der Waals surface area contributed by atoms with Crippen LogP contribution >= 0.6 is 0 Å². The summed E-state index contributed by atoms with van der Waals surface area (Å²) < 4.78 is 16.0. The van der Waals surface area contributed by atoms with Crippen LogP contribution in [0.5, 0.6) is 0 Å². The maximum Gasteiger partial charge on any atom is 0.195 e. The zero-order chi connectivity index (χ0) is 22.3. The number of nitrogens with zero attached hydrogens (tertiary/aromatic N) is 4. The standard InChI is InChI=1S/C25H24FN5O/c1-25(2,3)17-10-8-16(9-11-17)23-29-22(32-30-23)15-31-13-12-20-21(14-31)28-24(27-20)18-6-4-5-7-19(18)26/h4-14,22H,15H2,1-3H3,(H,29,30). The number of hydrogen-bond donors (Lipinski definition) is 1. The van der Waals surface area contributed by atoms with Crippen molar-refractivity contribution in [2.24, 2.45) is 4.99 Å². The van der Waals surface area contributed by atoms with Crippen molar-refractivity contribution in [3.05, 3.63) is 83.9 Å². The molecule has 162 valence electrons. The summed E-state index contributed by atoms with van der Waals surface area (Å²) in [6, 6.07) is 16.7. The highest BCUT2D eigenvalue weighted by Gasteiger charge is 2.21. The van der Waals surface area contributed by atoms with Crippen molar-refractivity contribution in [3.8, 4) is 22.8 Å². The molecule has 0 amide bonds. The number of amidine groups is 1. The highest BCUT2D eigenvalue weighted by Crippen LogP contribution is 2.27. The largest absolute Gasteiger partial charge is 0.347 e. The molecule has 0 aliphatic carbocycles. The Hall–Kier alpha value is -3.58. The molecule has 1 atom stereocenters. The Morgan fingerprint density at radius 3 is 2.50 bits per heavy atom. The topological polar surface area (TPSA) is 64.3 Å².